The summed E-state index contributed by atoms with van der Waals surface area (Å²) in [6.07, 6.45) is 3.19. The van der Waals surface area contributed by atoms with Crippen molar-refractivity contribution in [3.05, 3.63) is 101 Å². The smallest absolute Gasteiger partial charge is 0.268 e. The van der Waals surface area contributed by atoms with Crippen molar-refractivity contribution < 1.29 is 14.4 Å². The van der Waals surface area contributed by atoms with Crippen molar-refractivity contribution in [2.24, 2.45) is 0 Å². The molecule has 1 aliphatic heterocycles. The van der Waals surface area contributed by atoms with Gasteiger partial charge < -0.3 is 0 Å². The summed E-state index contributed by atoms with van der Waals surface area (Å²) < 4.78 is 0. The average molecular weight is 425 g/mol. The Balaban J connectivity index is 1.53. The fourth-order valence-electron chi connectivity index (χ4n) is 3.81. The van der Waals surface area contributed by atoms with E-state index in [0.29, 0.717) is 0 Å². The Morgan fingerprint density at radius 2 is 1.22 bits per heavy atom. The number of benzene rings is 3. The summed E-state index contributed by atoms with van der Waals surface area (Å²) in [5.74, 6) is -1.16. The molecule has 3 aromatic carbocycles. The van der Waals surface area contributed by atoms with E-state index >= 15 is 0 Å². The molecule has 1 saturated heterocycles. The third-order valence-corrected chi connectivity index (χ3v) is 5.74. The maximum absolute atomic E-state index is 12.5. The van der Waals surface area contributed by atoms with Gasteiger partial charge in [0.25, 0.3) is 11.8 Å². The number of urea groups is 1. The number of barbiturate groups is 1. The first-order valence-electron chi connectivity index (χ1n) is 10.5. The van der Waals surface area contributed by atoms with Gasteiger partial charge >= 0.3 is 6.03 Å². The normalized spacial score (nSPS) is 14.2. The second-order valence-corrected chi connectivity index (χ2v) is 7.83. The molecule has 3 aromatic rings. The van der Waals surface area contributed by atoms with Gasteiger partial charge in [0.05, 0.1) is 0 Å². The lowest BCUT2D eigenvalue weighted by atomic mass is 9.96. The SMILES string of the molecule is CN1C(=O)C(=Cc2ccccc2CCc2ccc(-c3ccccc3)cc2)C(=O)N(C)C1=O. The molecular formula is C27H24N2O3. The van der Waals surface area contributed by atoms with Gasteiger partial charge in [0, 0.05) is 14.1 Å². The van der Waals surface area contributed by atoms with Crippen LogP contribution in [0, 0.1) is 0 Å². The molecule has 4 rings (SSSR count). The van der Waals surface area contributed by atoms with Crippen molar-refractivity contribution in [3.63, 3.8) is 0 Å². The second-order valence-electron chi connectivity index (χ2n) is 7.83. The summed E-state index contributed by atoms with van der Waals surface area (Å²) in [6.45, 7) is 0. The van der Waals surface area contributed by atoms with E-state index in [0.717, 1.165) is 33.8 Å². The van der Waals surface area contributed by atoms with Crippen molar-refractivity contribution >= 4 is 23.9 Å². The van der Waals surface area contributed by atoms with Gasteiger partial charge in [-0.3, -0.25) is 19.4 Å². The monoisotopic (exact) mass is 424 g/mol. The van der Waals surface area contributed by atoms with Gasteiger partial charge in [-0.25, -0.2) is 4.79 Å². The number of aryl methyl sites for hydroxylation is 2. The molecule has 5 nitrogen and oxygen atoms in total. The summed E-state index contributed by atoms with van der Waals surface area (Å²) in [7, 11) is 2.76. The highest BCUT2D eigenvalue weighted by atomic mass is 16.2. The average Bonchev–Trinajstić information content (AvgIpc) is 2.84. The highest BCUT2D eigenvalue weighted by molar-refractivity contribution is 6.30. The lowest BCUT2D eigenvalue weighted by molar-refractivity contribution is -0.134. The molecule has 1 heterocycles. The quantitative estimate of drug-likeness (QED) is 0.445. The van der Waals surface area contributed by atoms with Crippen molar-refractivity contribution in [1.82, 2.24) is 9.80 Å². The molecule has 1 fully saturated rings. The first kappa shape index (κ1) is 21.2. The number of rotatable bonds is 5. The van der Waals surface area contributed by atoms with Gasteiger partial charge in [-0.05, 0) is 46.7 Å². The van der Waals surface area contributed by atoms with Crippen LogP contribution in [0.1, 0.15) is 16.7 Å². The van der Waals surface area contributed by atoms with Crippen LogP contribution in [0.4, 0.5) is 4.79 Å². The van der Waals surface area contributed by atoms with Crippen LogP contribution < -0.4 is 0 Å². The van der Waals surface area contributed by atoms with E-state index in [1.807, 2.05) is 42.5 Å². The van der Waals surface area contributed by atoms with Gasteiger partial charge in [-0.1, -0.05) is 78.9 Å². The molecule has 0 bridgehead atoms. The summed E-state index contributed by atoms with van der Waals surface area (Å²) in [6, 6.07) is 25.9. The fraction of sp³-hybridized carbons (Fsp3) is 0.148. The molecule has 32 heavy (non-hydrogen) atoms. The molecule has 0 atom stereocenters. The van der Waals surface area contributed by atoms with Crippen LogP contribution in [0.3, 0.4) is 0 Å². The fourth-order valence-corrected chi connectivity index (χ4v) is 3.81. The summed E-state index contributed by atoms with van der Waals surface area (Å²) in [5.41, 5.74) is 5.41. The van der Waals surface area contributed by atoms with Gasteiger partial charge in [-0.2, -0.15) is 0 Å². The maximum atomic E-state index is 12.5. The zero-order valence-electron chi connectivity index (χ0n) is 18.1. The van der Waals surface area contributed by atoms with Crippen LogP contribution in [-0.4, -0.2) is 41.7 Å². The minimum Gasteiger partial charge on any atom is -0.268 e. The molecule has 0 spiro atoms. The van der Waals surface area contributed by atoms with E-state index in [2.05, 4.69) is 36.4 Å². The van der Waals surface area contributed by atoms with Crippen molar-refractivity contribution in [2.45, 2.75) is 12.8 Å². The molecule has 4 amide bonds. The molecule has 0 aliphatic carbocycles. The van der Waals surface area contributed by atoms with Gasteiger partial charge in [-0.15, -0.1) is 0 Å². The first-order valence-corrected chi connectivity index (χ1v) is 10.5. The zero-order valence-corrected chi connectivity index (χ0v) is 18.1. The Morgan fingerprint density at radius 3 is 1.88 bits per heavy atom. The summed E-state index contributed by atoms with van der Waals surface area (Å²) in [4.78, 5) is 38.9. The molecular weight excluding hydrogens is 400 g/mol. The molecule has 0 aromatic heterocycles. The third kappa shape index (κ3) is 4.23. The van der Waals surface area contributed by atoms with Crippen LogP contribution in [0.25, 0.3) is 17.2 Å². The Kier molecular flexibility index (Phi) is 5.99. The number of carbonyl (C=O) groups is 3. The lowest BCUT2D eigenvalue weighted by Crippen LogP contribution is -2.52. The molecule has 1 aliphatic rings. The molecule has 0 radical (unpaired) electrons. The lowest BCUT2D eigenvalue weighted by Gasteiger charge is -2.29. The zero-order chi connectivity index (χ0) is 22.7. The van der Waals surface area contributed by atoms with Crippen LogP contribution in [0.15, 0.2) is 84.4 Å². The largest absolute Gasteiger partial charge is 0.333 e. The molecule has 5 heteroatoms. The Hall–Kier alpha value is -3.99. The highest BCUT2D eigenvalue weighted by Gasteiger charge is 2.37. The Labute approximate surface area is 187 Å². The standard InChI is InChI=1S/C27H24N2O3/c1-28-25(30)24(26(31)29(2)27(28)32)18-23-11-7-6-10-21(23)15-12-19-13-16-22(17-14-19)20-8-4-3-5-9-20/h3-11,13-14,16-18H,12,15H2,1-2H3. The minimum atomic E-state index is -0.621. The van der Waals surface area contributed by atoms with Gasteiger partial charge in [0.2, 0.25) is 0 Å². The van der Waals surface area contributed by atoms with Gasteiger partial charge in [0.15, 0.2) is 0 Å². The molecule has 0 saturated carbocycles. The predicted molar refractivity (Wildman–Crippen MR) is 125 cm³/mol. The number of nitrogens with zero attached hydrogens (tertiary/aromatic N) is 2. The third-order valence-electron chi connectivity index (χ3n) is 5.74. The van der Waals surface area contributed by atoms with E-state index in [1.165, 1.54) is 30.8 Å². The number of likely N-dealkylation sites (N-methyl/N-ethyl adjacent to an activating group) is 2. The van der Waals surface area contributed by atoms with E-state index < -0.39 is 17.8 Å². The Bertz CT molecular complexity index is 1170. The molecule has 0 N–H and O–H groups in total. The van der Waals surface area contributed by atoms with Crippen LogP contribution in [0.5, 0.6) is 0 Å². The van der Waals surface area contributed by atoms with Crippen LogP contribution in [0.2, 0.25) is 0 Å². The van der Waals surface area contributed by atoms with Crippen molar-refractivity contribution in [3.8, 4) is 11.1 Å². The highest BCUT2D eigenvalue weighted by Crippen LogP contribution is 2.23. The van der Waals surface area contributed by atoms with Crippen molar-refractivity contribution in [1.29, 1.82) is 0 Å². The number of amides is 4. The van der Waals surface area contributed by atoms with Crippen molar-refractivity contribution in [2.75, 3.05) is 14.1 Å². The number of hydrogen-bond acceptors (Lipinski definition) is 3. The number of imide groups is 2. The minimum absolute atomic E-state index is 0.00531. The van der Waals surface area contributed by atoms with Crippen LogP contribution in [-0.2, 0) is 22.4 Å². The second kappa shape index (κ2) is 9.02. The molecule has 0 unspecified atom stereocenters. The Morgan fingerprint density at radius 1 is 0.656 bits per heavy atom. The number of hydrogen-bond donors (Lipinski definition) is 0. The maximum Gasteiger partial charge on any atom is 0.333 e. The van der Waals surface area contributed by atoms with E-state index in [4.69, 9.17) is 0 Å². The first-order chi connectivity index (χ1) is 15.5. The van der Waals surface area contributed by atoms with E-state index in [1.54, 1.807) is 6.08 Å². The van der Waals surface area contributed by atoms with Gasteiger partial charge in [0.1, 0.15) is 5.57 Å². The van der Waals surface area contributed by atoms with E-state index in [-0.39, 0.29) is 5.57 Å². The predicted octanol–water partition coefficient (Wildman–Crippen LogP) is 4.57. The van der Waals surface area contributed by atoms with Crippen LogP contribution >= 0.6 is 0 Å². The topological polar surface area (TPSA) is 57.7 Å². The van der Waals surface area contributed by atoms with E-state index in [9.17, 15) is 14.4 Å². The number of carbonyl (C=O) groups excluding carboxylic acids is 3. The summed E-state index contributed by atoms with van der Waals surface area (Å²) >= 11 is 0. The summed E-state index contributed by atoms with van der Waals surface area (Å²) in [5, 5.41) is 0. The molecule has 160 valence electrons.